The molecule has 1 heterocycles. The Kier molecular flexibility index (Phi) is 5.74. The second-order valence-corrected chi connectivity index (χ2v) is 5.32. The van der Waals surface area contributed by atoms with Gasteiger partial charge in [0.15, 0.2) is 0 Å². The van der Waals surface area contributed by atoms with Gasteiger partial charge in [-0.25, -0.2) is 0 Å². The average molecular weight is 178 g/mol. The van der Waals surface area contributed by atoms with Crippen LogP contribution in [-0.2, 0) is 0 Å². The van der Waals surface area contributed by atoms with E-state index >= 15 is 0 Å². The molecule has 0 N–H and O–H groups in total. The molecule has 0 aromatic heterocycles. The first-order chi connectivity index (χ1) is 4.71. The number of rotatable bonds is 0. The molecule has 1 rings (SSSR count). The molecule has 0 aromatic carbocycles. The monoisotopic (exact) mass is 178 g/mol. The Balaban J connectivity index is 0.000000371. The second kappa shape index (κ2) is 5.36. The molecule has 62 valence electrons. The minimum atomic E-state index is 0.605. The Bertz CT molecular complexity index is 71.3. The summed E-state index contributed by atoms with van der Waals surface area (Å²) in [6.45, 7) is 8.68. The van der Waals surface area contributed by atoms with Crippen LogP contribution in [0, 0.1) is 5.41 Å². The Morgan fingerprint density at radius 1 is 1.00 bits per heavy atom. The highest BCUT2D eigenvalue weighted by Crippen LogP contribution is 2.33. The summed E-state index contributed by atoms with van der Waals surface area (Å²) in [4.78, 5) is 0. The van der Waals surface area contributed by atoms with Crippen molar-refractivity contribution in [3.05, 3.63) is 0 Å². The zero-order valence-electron chi connectivity index (χ0n) is 7.44. The SMILES string of the molecule is CC.CC1(C)CSCSC1. The second-order valence-electron chi connectivity index (χ2n) is 2.98. The van der Waals surface area contributed by atoms with E-state index in [-0.39, 0.29) is 0 Å². The Hall–Kier alpha value is 0.700. The Morgan fingerprint density at radius 3 is 1.60 bits per heavy atom. The van der Waals surface area contributed by atoms with E-state index < -0.39 is 0 Å². The fraction of sp³-hybridized carbons (Fsp3) is 1.00. The van der Waals surface area contributed by atoms with Crippen LogP contribution in [0.5, 0.6) is 0 Å². The van der Waals surface area contributed by atoms with E-state index in [9.17, 15) is 0 Å². The molecular weight excluding hydrogens is 160 g/mol. The average Bonchev–Trinajstić information content (AvgIpc) is 1.92. The molecule has 0 bridgehead atoms. The third-order valence-electron chi connectivity index (χ3n) is 1.15. The molecule has 0 spiro atoms. The van der Waals surface area contributed by atoms with Crippen LogP contribution >= 0.6 is 23.5 Å². The molecule has 0 radical (unpaired) electrons. The van der Waals surface area contributed by atoms with Crippen molar-refractivity contribution in [3.63, 3.8) is 0 Å². The van der Waals surface area contributed by atoms with E-state index in [2.05, 4.69) is 37.4 Å². The van der Waals surface area contributed by atoms with Crippen molar-refractivity contribution < 1.29 is 0 Å². The van der Waals surface area contributed by atoms with Gasteiger partial charge in [-0.3, -0.25) is 0 Å². The lowest BCUT2D eigenvalue weighted by Crippen LogP contribution is -2.21. The van der Waals surface area contributed by atoms with Gasteiger partial charge in [0.1, 0.15) is 0 Å². The summed E-state index contributed by atoms with van der Waals surface area (Å²) in [5.41, 5.74) is 0.605. The molecule has 0 amide bonds. The molecule has 0 unspecified atom stereocenters. The summed E-state index contributed by atoms with van der Waals surface area (Å²) in [5.74, 6) is 2.69. The van der Waals surface area contributed by atoms with Gasteiger partial charge in [-0.15, -0.1) is 0 Å². The van der Waals surface area contributed by atoms with Crippen molar-refractivity contribution in [1.82, 2.24) is 0 Å². The minimum Gasteiger partial charge on any atom is -0.150 e. The lowest BCUT2D eigenvalue weighted by molar-refractivity contribution is 0.490. The van der Waals surface area contributed by atoms with Gasteiger partial charge in [-0.05, 0) is 5.41 Å². The molecule has 1 aliphatic rings. The Labute approximate surface area is 73.5 Å². The van der Waals surface area contributed by atoms with E-state index in [0.29, 0.717) is 5.41 Å². The van der Waals surface area contributed by atoms with Crippen LogP contribution in [-0.4, -0.2) is 16.6 Å². The van der Waals surface area contributed by atoms with Crippen molar-refractivity contribution in [2.75, 3.05) is 16.6 Å². The largest absolute Gasteiger partial charge is 0.150 e. The molecule has 1 aliphatic heterocycles. The third-order valence-corrected chi connectivity index (χ3v) is 4.46. The number of hydrogen-bond donors (Lipinski definition) is 0. The first-order valence-corrected chi connectivity index (χ1v) is 6.17. The molecule has 10 heavy (non-hydrogen) atoms. The topological polar surface area (TPSA) is 0 Å². The molecule has 1 saturated heterocycles. The lowest BCUT2D eigenvalue weighted by Gasteiger charge is -2.27. The van der Waals surface area contributed by atoms with Crippen LogP contribution in [0.15, 0.2) is 0 Å². The fourth-order valence-electron chi connectivity index (χ4n) is 0.737. The summed E-state index contributed by atoms with van der Waals surface area (Å²) in [5, 5.41) is 1.31. The van der Waals surface area contributed by atoms with Crippen molar-refractivity contribution in [1.29, 1.82) is 0 Å². The minimum absolute atomic E-state index is 0.605. The number of hydrogen-bond acceptors (Lipinski definition) is 2. The van der Waals surface area contributed by atoms with E-state index in [4.69, 9.17) is 0 Å². The van der Waals surface area contributed by atoms with Gasteiger partial charge in [0.2, 0.25) is 0 Å². The first kappa shape index (κ1) is 10.7. The molecule has 0 aliphatic carbocycles. The summed E-state index contributed by atoms with van der Waals surface area (Å²) < 4.78 is 0. The standard InChI is InChI=1S/C6H12S2.C2H6/c1-6(2)3-7-5-8-4-6;1-2/h3-5H2,1-2H3;1-2H3. The fourth-order valence-corrected chi connectivity index (χ4v) is 3.31. The maximum absolute atomic E-state index is 2.34. The molecule has 0 saturated carbocycles. The summed E-state index contributed by atoms with van der Waals surface area (Å²) in [7, 11) is 0. The maximum atomic E-state index is 2.34. The summed E-state index contributed by atoms with van der Waals surface area (Å²) in [6, 6.07) is 0. The van der Waals surface area contributed by atoms with Gasteiger partial charge in [0, 0.05) is 16.6 Å². The maximum Gasteiger partial charge on any atom is 0.0392 e. The van der Waals surface area contributed by atoms with Crippen LogP contribution in [0.25, 0.3) is 0 Å². The van der Waals surface area contributed by atoms with Crippen LogP contribution < -0.4 is 0 Å². The molecule has 2 heteroatoms. The van der Waals surface area contributed by atoms with E-state index in [1.807, 2.05) is 13.8 Å². The van der Waals surface area contributed by atoms with Gasteiger partial charge in [0.25, 0.3) is 0 Å². The molecule has 0 aromatic rings. The highest BCUT2D eigenvalue weighted by atomic mass is 32.2. The predicted octanol–water partition coefficient (Wildman–Crippen LogP) is 3.48. The van der Waals surface area contributed by atoms with E-state index in [0.717, 1.165) is 0 Å². The van der Waals surface area contributed by atoms with Gasteiger partial charge in [0.05, 0.1) is 0 Å². The third kappa shape index (κ3) is 4.51. The lowest BCUT2D eigenvalue weighted by atomic mass is 10.0. The highest BCUT2D eigenvalue weighted by molar-refractivity contribution is 8.16. The van der Waals surface area contributed by atoms with Gasteiger partial charge >= 0.3 is 0 Å². The van der Waals surface area contributed by atoms with Crippen molar-refractivity contribution in [2.24, 2.45) is 5.41 Å². The zero-order valence-corrected chi connectivity index (χ0v) is 9.07. The normalized spacial score (nSPS) is 22.8. The van der Waals surface area contributed by atoms with Crippen LogP contribution in [0.2, 0.25) is 0 Å². The van der Waals surface area contributed by atoms with Gasteiger partial charge in [-0.1, -0.05) is 27.7 Å². The molecule has 0 nitrogen and oxygen atoms in total. The Morgan fingerprint density at radius 2 is 1.40 bits per heavy atom. The van der Waals surface area contributed by atoms with Crippen molar-refractivity contribution >= 4 is 23.5 Å². The van der Waals surface area contributed by atoms with E-state index in [1.165, 1.54) is 16.6 Å². The zero-order chi connectivity index (χ0) is 8.04. The molecule has 0 atom stereocenters. The van der Waals surface area contributed by atoms with E-state index in [1.54, 1.807) is 0 Å². The predicted molar refractivity (Wildman–Crippen MR) is 54.9 cm³/mol. The highest BCUT2D eigenvalue weighted by Gasteiger charge is 2.21. The number of thioether (sulfide) groups is 2. The first-order valence-electron chi connectivity index (χ1n) is 3.86. The van der Waals surface area contributed by atoms with Crippen LogP contribution in [0.4, 0.5) is 0 Å². The molecule has 1 fully saturated rings. The van der Waals surface area contributed by atoms with Crippen LogP contribution in [0.1, 0.15) is 27.7 Å². The van der Waals surface area contributed by atoms with Gasteiger partial charge in [-0.2, -0.15) is 23.5 Å². The smallest absolute Gasteiger partial charge is 0.0392 e. The summed E-state index contributed by atoms with van der Waals surface area (Å²) >= 11 is 4.13. The van der Waals surface area contributed by atoms with Crippen molar-refractivity contribution in [3.8, 4) is 0 Å². The quantitative estimate of drug-likeness (QED) is 0.557. The molecular formula is C8H18S2. The van der Waals surface area contributed by atoms with Gasteiger partial charge < -0.3 is 0 Å². The van der Waals surface area contributed by atoms with Crippen LogP contribution in [0.3, 0.4) is 0 Å². The van der Waals surface area contributed by atoms with Crippen molar-refractivity contribution in [2.45, 2.75) is 27.7 Å². The summed E-state index contributed by atoms with van der Waals surface area (Å²) in [6.07, 6.45) is 0.